The van der Waals surface area contributed by atoms with Crippen molar-refractivity contribution in [3.05, 3.63) is 62.3 Å². The minimum atomic E-state index is -3.39. The molecule has 0 radical (unpaired) electrons. The van der Waals surface area contributed by atoms with Crippen molar-refractivity contribution >= 4 is 50.8 Å². The fraction of sp³-hybridized carbons (Fsp3) is 0.333. The van der Waals surface area contributed by atoms with Crippen LogP contribution in [0.15, 0.2) is 52.2 Å². The molecule has 7 nitrogen and oxygen atoms in total. The van der Waals surface area contributed by atoms with Crippen molar-refractivity contribution in [2.24, 2.45) is 0 Å². The van der Waals surface area contributed by atoms with Gasteiger partial charge in [0.05, 0.1) is 21.7 Å². The van der Waals surface area contributed by atoms with E-state index in [2.05, 4.69) is 16.0 Å². The van der Waals surface area contributed by atoms with Crippen molar-refractivity contribution in [2.45, 2.75) is 32.7 Å². The van der Waals surface area contributed by atoms with Crippen LogP contribution in [0.4, 0.5) is 5.69 Å². The summed E-state index contributed by atoms with van der Waals surface area (Å²) in [5.41, 5.74) is 1.96. The lowest BCUT2D eigenvalue weighted by Crippen LogP contribution is -2.39. The first-order valence-electron chi connectivity index (χ1n) is 9.66. The molecule has 10 heteroatoms. The molecule has 1 aliphatic heterocycles. The van der Waals surface area contributed by atoms with Gasteiger partial charge in [-0.1, -0.05) is 42.6 Å². The molecule has 1 aromatic rings. The molecule has 1 aromatic carbocycles. The number of benzene rings is 1. The van der Waals surface area contributed by atoms with Crippen LogP contribution in [-0.2, 0) is 14.6 Å². The summed E-state index contributed by atoms with van der Waals surface area (Å²) in [7, 11) is -3.39. The Balaban J connectivity index is 2.25. The minimum Gasteiger partial charge on any atom is -0.372 e. The zero-order valence-corrected chi connectivity index (χ0v) is 19.9. The quantitative estimate of drug-likeness (QED) is 0.312. The van der Waals surface area contributed by atoms with E-state index < -0.39 is 15.7 Å². The van der Waals surface area contributed by atoms with Crippen molar-refractivity contribution in [1.82, 2.24) is 10.6 Å². The van der Waals surface area contributed by atoms with Crippen molar-refractivity contribution in [3.63, 3.8) is 0 Å². The summed E-state index contributed by atoms with van der Waals surface area (Å²) in [6.07, 6.45) is 6.92. The molecule has 0 aliphatic carbocycles. The molecule has 1 amide bonds. The number of halogens is 2. The Hall–Kier alpha value is -2.29. The number of amides is 1. The maximum absolute atomic E-state index is 12.9. The number of nitrogens with one attached hydrogen (secondary N) is 4. The Kier molecular flexibility index (Phi) is 8.73. The lowest BCUT2D eigenvalue weighted by Gasteiger charge is -2.24. The largest absolute Gasteiger partial charge is 0.372 e. The van der Waals surface area contributed by atoms with Gasteiger partial charge in [0.15, 0.2) is 9.84 Å². The first-order valence-corrected chi connectivity index (χ1v) is 12.3. The van der Waals surface area contributed by atoms with Crippen molar-refractivity contribution < 1.29 is 13.2 Å². The molecule has 1 unspecified atom stereocenters. The van der Waals surface area contributed by atoms with E-state index in [0.717, 1.165) is 18.9 Å². The van der Waals surface area contributed by atoms with Crippen LogP contribution in [0.25, 0.3) is 0 Å². The van der Waals surface area contributed by atoms with Crippen LogP contribution < -0.4 is 16.0 Å². The first-order chi connectivity index (χ1) is 14.6. The number of anilines is 1. The lowest BCUT2D eigenvalue weighted by molar-refractivity contribution is -0.117. The number of dihydropyridines is 1. The van der Waals surface area contributed by atoms with Gasteiger partial charge in [-0.25, -0.2) is 8.42 Å². The molecule has 0 saturated heterocycles. The Bertz CT molecular complexity index is 1060. The number of rotatable bonds is 9. The van der Waals surface area contributed by atoms with Crippen LogP contribution in [0.5, 0.6) is 0 Å². The molecule has 2 rings (SSSR count). The highest BCUT2D eigenvalue weighted by Gasteiger charge is 2.22. The zero-order chi connectivity index (χ0) is 23.2. The van der Waals surface area contributed by atoms with Gasteiger partial charge in [0.1, 0.15) is 5.03 Å². The van der Waals surface area contributed by atoms with Crippen molar-refractivity contribution in [3.8, 4) is 0 Å². The summed E-state index contributed by atoms with van der Waals surface area (Å²) in [6.45, 7) is 4.02. The number of allylic oxidation sites excluding steroid dienone is 1. The van der Waals surface area contributed by atoms with E-state index in [-0.39, 0.29) is 16.6 Å². The summed E-state index contributed by atoms with van der Waals surface area (Å²) < 4.78 is 23.8. The molecule has 0 saturated carbocycles. The van der Waals surface area contributed by atoms with Gasteiger partial charge in [-0.05, 0) is 43.2 Å². The fourth-order valence-electron chi connectivity index (χ4n) is 3.06. The number of sulfone groups is 1. The van der Waals surface area contributed by atoms with E-state index in [1.807, 2.05) is 13.0 Å². The average Bonchev–Trinajstić information content (AvgIpc) is 2.70. The lowest BCUT2D eigenvalue weighted by atomic mass is 10.00. The molecule has 1 atom stereocenters. The predicted molar refractivity (Wildman–Crippen MR) is 127 cm³/mol. The number of carbonyl (C=O) groups is 1. The van der Waals surface area contributed by atoms with E-state index >= 15 is 0 Å². The number of hydrogen-bond acceptors (Lipinski definition) is 6. The van der Waals surface area contributed by atoms with Gasteiger partial charge in [-0.3, -0.25) is 4.79 Å². The molecular weight excluding hydrogens is 459 g/mol. The average molecular weight is 485 g/mol. The second kappa shape index (κ2) is 10.8. The molecule has 31 heavy (non-hydrogen) atoms. The summed E-state index contributed by atoms with van der Waals surface area (Å²) in [6, 6.07) is 4.60. The minimum absolute atomic E-state index is 0.126. The first kappa shape index (κ1) is 25.0. The summed E-state index contributed by atoms with van der Waals surface area (Å²) in [5, 5.41) is 17.5. The zero-order valence-electron chi connectivity index (χ0n) is 17.6. The number of carbonyl (C=O) groups excluding carboxylic acids is 1. The highest BCUT2D eigenvalue weighted by molar-refractivity contribution is 7.94. The Labute approximate surface area is 193 Å². The van der Waals surface area contributed by atoms with Gasteiger partial charge in [0.25, 0.3) is 5.91 Å². The van der Waals surface area contributed by atoms with E-state index in [1.165, 1.54) is 0 Å². The predicted octanol–water partition coefficient (Wildman–Crippen LogP) is 4.03. The van der Waals surface area contributed by atoms with E-state index in [0.29, 0.717) is 40.0 Å². The molecular formula is C21H26Cl2N4O3S. The van der Waals surface area contributed by atoms with Crippen LogP contribution in [0, 0.1) is 5.41 Å². The molecule has 4 N–H and O–H groups in total. The highest BCUT2D eigenvalue weighted by Crippen LogP contribution is 2.26. The second-order valence-electron chi connectivity index (χ2n) is 7.12. The molecule has 0 bridgehead atoms. The van der Waals surface area contributed by atoms with Crippen LogP contribution in [0.2, 0.25) is 10.0 Å². The standard InChI is InChI=1S/C21H26Cl2N4O3S/c1-4-5-19(14-8-9-25-20(10-14)31(3,29)30)27-21(28)16(12-24)13(2)26-15-6-7-17(22)18(23)11-15/h6-8,10-12,19,24-26H,4-5,9H2,1-3H3,(H,27,28)/b16-13+,24-12?. The molecule has 168 valence electrons. The second-order valence-corrected chi connectivity index (χ2v) is 9.92. The maximum atomic E-state index is 12.9. The van der Waals surface area contributed by atoms with Crippen LogP contribution in [-0.4, -0.2) is 39.4 Å². The monoisotopic (exact) mass is 484 g/mol. The van der Waals surface area contributed by atoms with Crippen molar-refractivity contribution in [2.75, 3.05) is 18.1 Å². The topological polar surface area (TPSA) is 111 Å². The van der Waals surface area contributed by atoms with Gasteiger partial charge in [0, 0.05) is 30.4 Å². The Morgan fingerprint density at radius 2 is 2.03 bits per heavy atom. The summed E-state index contributed by atoms with van der Waals surface area (Å²) in [5.74, 6) is -0.438. The molecule has 0 fully saturated rings. The SMILES string of the molecule is CCCC(NC(=O)/C(C=N)=C(\C)Nc1ccc(Cl)c(Cl)c1)C1=CCNC(S(C)(=O)=O)=C1. The third kappa shape index (κ3) is 6.85. The van der Waals surface area contributed by atoms with Crippen LogP contribution in [0.3, 0.4) is 0 Å². The van der Waals surface area contributed by atoms with Crippen molar-refractivity contribution in [1.29, 1.82) is 5.41 Å². The molecule has 0 aromatic heterocycles. The maximum Gasteiger partial charge on any atom is 0.255 e. The number of hydrogen-bond donors (Lipinski definition) is 4. The van der Waals surface area contributed by atoms with E-state index in [9.17, 15) is 13.2 Å². The highest BCUT2D eigenvalue weighted by atomic mass is 35.5. The third-order valence-corrected chi connectivity index (χ3v) is 6.44. The molecule has 0 spiro atoms. The smallest absolute Gasteiger partial charge is 0.255 e. The summed E-state index contributed by atoms with van der Waals surface area (Å²) >= 11 is 12.0. The van der Waals surface area contributed by atoms with Gasteiger partial charge >= 0.3 is 0 Å². The van der Waals surface area contributed by atoms with Crippen LogP contribution >= 0.6 is 23.2 Å². The van der Waals surface area contributed by atoms with E-state index in [1.54, 1.807) is 31.2 Å². The normalized spacial score (nSPS) is 15.6. The van der Waals surface area contributed by atoms with Crippen LogP contribution in [0.1, 0.15) is 26.7 Å². The fourth-order valence-corrected chi connectivity index (χ4v) is 4.05. The van der Waals surface area contributed by atoms with Gasteiger partial charge in [-0.15, -0.1) is 0 Å². The molecule has 1 aliphatic rings. The summed E-state index contributed by atoms with van der Waals surface area (Å²) in [4.78, 5) is 12.9. The Morgan fingerprint density at radius 1 is 1.32 bits per heavy atom. The Morgan fingerprint density at radius 3 is 2.61 bits per heavy atom. The third-order valence-electron chi connectivity index (χ3n) is 4.64. The van der Waals surface area contributed by atoms with Gasteiger partial charge in [-0.2, -0.15) is 0 Å². The van der Waals surface area contributed by atoms with Gasteiger partial charge < -0.3 is 21.4 Å². The van der Waals surface area contributed by atoms with Gasteiger partial charge in [0.2, 0.25) is 0 Å². The van der Waals surface area contributed by atoms with E-state index in [4.69, 9.17) is 28.6 Å². The molecule has 1 heterocycles.